The minimum Gasteiger partial charge on any atom is -0.455 e. The molecule has 0 unspecified atom stereocenters. The SMILES string of the molecule is [2H]CN(C[2H])CCCC[C@@H](C(=O)N1CCN(C2=N[C@@H](C)[C@H](c3ccccc3)O2)C[C@H]1C(=O)NCc1cccs1)N(C[2H])C1CCC2(CC1)CCN(Cc1ccccc1)C2. The molecule has 7 rings (SSSR count). The van der Waals surface area contributed by atoms with Gasteiger partial charge in [0.15, 0.2) is 0 Å². The Labute approximate surface area is 343 Å². The lowest BCUT2D eigenvalue weighted by Crippen LogP contribution is -2.64. The van der Waals surface area contributed by atoms with Gasteiger partial charge in [0.05, 0.1) is 25.2 Å². The summed E-state index contributed by atoms with van der Waals surface area (Å²) < 4.78 is 31.0. The fourth-order valence-corrected chi connectivity index (χ4v) is 9.93. The zero-order chi connectivity index (χ0) is 41.2. The second-order valence-electron chi connectivity index (χ2n) is 16.5. The number of amidine groups is 1. The summed E-state index contributed by atoms with van der Waals surface area (Å²) in [4.78, 5) is 45.7. The van der Waals surface area contributed by atoms with Crippen molar-refractivity contribution in [2.75, 3.05) is 60.3 Å². The number of carbonyl (C=O) groups excluding carboxylic acids is 2. The number of amides is 2. The number of likely N-dealkylation sites (N-methyl/N-ethyl adjacent to an activating group) is 1. The largest absolute Gasteiger partial charge is 0.455 e. The molecule has 4 atom stereocenters. The van der Waals surface area contributed by atoms with Crippen molar-refractivity contribution >= 4 is 29.2 Å². The molecule has 0 radical (unpaired) electrons. The molecule has 1 saturated carbocycles. The van der Waals surface area contributed by atoms with Crippen molar-refractivity contribution in [3.05, 3.63) is 94.2 Å². The number of likely N-dealkylation sites (tertiary alicyclic amines) is 1. The first-order valence-electron chi connectivity index (χ1n) is 22.7. The van der Waals surface area contributed by atoms with Crippen LogP contribution >= 0.6 is 11.3 Å². The van der Waals surface area contributed by atoms with Gasteiger partial charge in [0, 0.05) is 41.2 Å². The summed E-state index contributed by atoms with van der Waals surface area (Å²) >= 11 is 1.59. The third-order valence-corrected chi connectivity index (χ3v) is 13.4. The smallest absolute Gasteiger partial charge is 0.288 e. The average molecular weight is 785 g/mol. The zero-order valence-corrected chi connectivity index (χ0v) is 34.0. The lowest BCUT2D eigenvalue weighted by atomic mass is 9.71. The van der Waals surface area contributed by atoms with Crippen LogP contribution in [0.3, 0.4) is 0 Å². The van der Waals surface area contributed by atoms with Crippen molar-refractivity contribution in [2.24, 2.45) is 10.4 Å². The Bertz CT molecular complexity index is 1800. The molecule has 3 fully saturated rings. The van der Waals surface area contributed by atoms with Gasteiger partial charge in [-0.05, 0) is 114 Å². The molecule has 11 heteroatoms. The molecule has 2 saturated heterocycles. The van der Waals surface area contributed by atoms with Gasteiger partial charge in [0.25, 0.3) is 6.02 Å². The van der Waals surface area contributed by atoms with Crippen LogP contribution in [0.2, 0.25) is 0 Å². The highest BCUT2D eigenvalue weighted by Gasteiger charge is 2.45. The summed E-state index contributed by atoms with van der Waals surface area (Å²) in [5, 5.41) is 5.13. The number of aliphatic imine (C=N–C) groups is 1. The Kier molecular flexibility index (Phi) is 12.2. The molecule has 4 aliphatic rings. The number of ether oxygens (including phenoxy) is 1. The Hall–Kier alpha value is -3.77. The lowest BCUT2D eigenvalue weighted by molar-refractivity contribution is -0.148. The lowest BCUT2D eigenvalue weighted by Gasteiger charge is -2.46. The zero-order valence-electron chi connectivity index (χ0n) is 36.1. The van der Waals surface area contributed by atoms with Crippen LogP contribution in [-0.2, 0) is 27.4 Å². The quantitative estimate of drug-likeness (QED) is 0.194. The number of thiophene rings is 1. The van der Waals surface area contributed by atoms with Crippen molar-refractivity contribution in [1.29, 1.82) is 0 Å². The Balaban J connectivity index is 1.07. The van der Waals surface area contributed by atoms with E-state index in [1.165, 1.54) is 12.0 Å². The number of nitrogens with one attached hydrogen (secondary N) is 1. The summed E-state index contributed by atoms with van der Waals surface area (Å²) in [6.07, 6.45) is 7.07. The number of nitrogens with zero attached hydrogens (tertiary/aromatic N) is 6. The molecule has 1 spiro atoms. The number of rotatable bonds is 14. The molecule has 302 valence electrons. The molecule has 4 heterocycles. The normalized spacial score (nSPS) is 26.8. The van der Waals surface area contributed by atoms with Gasteiger partial charge in [-0.1, -0.05) is 73.2 Å². The highest BCUT2D eigenvalue weighted by Crippen LogP contribution is 2.45. The molecule has 2 aromatic carbocycles. The monoisotopic (exact) mass is 784 g/mol. The van der Waals surface area contributed by atoms with E-state index in [1.54, 1.807) is 21.1 Å². The van der Waals surface area contributed by atoms with Crippen LogP contribution in [0.1, 0.15) is 84.5 Å². The van der Waals surface area contributed by atoms with E-state index in [4.69, 9.17) is 13.8 Å². The van der Waals surface area contributed by atoms with Gasteiger partial charge in [-0.15, -0.1) is 11.3 Å². The molecular formula is C45H63N7O3S. The minimum absolute atomic E-state index is 0.0123. The van der Waals surface area contributed by atoms with Crippen LogP contribution in [0.4, 0.5) is 0 Å². The first-order valence-corrected chi connectivity index (χ1v) is 21.4. The third kappa shape index (κ3) is 9.84. The van der Waals surface area contributed by atoms with Crippen LogP contribution in [0, 0.1) is 5.41 Å². The maximum absolute atomic E-state index is 15.2. The maximum atomic E-state index is 15.2. The number of benzene rings is 2. The molecule has 56 heavy (non-hydrogen) atoms. The van der Waals surface area contributed by atoms with Crippen molar-refractivity contribution in [1.82, 2.24) is 29.8 Å². The molecule has 2 amide bonds. The summed E-state index contributed by atoms with van der Waals surface area (Å²) in [6, 6.07) is 24.0. The van der Waals surface area contributed by atoms with Crippen LogP contribution in [-0.4, -0.2) is 127 Å². The fourth-order valence-electron chi connectivity index (χ4n) is 9.29. The first kappa shape index (κ1) is 36.6. The Morgan fingerprint density at radius 3 is 2.50 bits per heavy atom. The third-order valence-electron chi connectivity index (χ3n) is 12.5. The second kappa shape index (κ2) is 18.7. The Morgan fingerprint density at radius 2 is 1.77 bits per heavy atom. The van der Waals surface area contributed by atoms with E-state index in [9.17, 15) is 4.79 Å². The predicted molar refractivity (Wildman–Crippen MR) is 225 cm³/mol. The molecule has 3 aromatic rings. The van der Waals surface area contributed by atoms with Crippen molar-refractivity contribution in [3.63, 3.8) is 0 Å². The molecule has 1 aliphatic carbocycles. The number of carbonyl (C=O) groups is 2. The minimum atomic E-state index is -0.769. The summed E-state index contributed by atoms with van der Waals surface area (Å²) in [5.74, 6) is -0.299. The van der Waals surface area contributed by atoms with Crippen LogP contribution < -0.4 is 5.32 Å². The van der Waals surface area contributed by atoms with Crippen LogP contribution in [0.15, 0.2) is 83.2 Å². The van der Waals surface area contributed by atoms with Gasteiger partial charge in [-0.25, -0.2) is 4.99 Å². The van der Waals surface area contributed by atoms with E-state index in [1.807, 2.05) is 59.7 Å². The van der Waals surface area contributed by atoms with E-state index in [-0.39, 0.29) is 63.0 Å². The van der Waals surface area contributed by atoms with Crippen molar-refractivity contribution in [2.45, 2.75) is 102 Å². The molecule has 1 aromatic heterocycles. The van der Waals surface area contributed by atoms with E-state index in [0.717, 1.165) is 68.6 Å². The van der Waals surface area contributed by atoms with Gasteiger partial charge < -0.3 is 24.8 Å². The van der Waals surface area contributed by atoms with E-state index < -0.39 is 12.1 Å². The molecule has 10 nitrogen and oxygen atoms in total. The van der Waals surface area contributed by atoms with Crippen LogP contribution in [0.5, 0.6) is 0 Å². The van der Waals surface area contributed by atoms with E-state index in [2.05, 4.69) is 45.4 Å². The Morgan fingerprint density at radius 1 is 0.982 bits per heavy atom. The number of unbranched alkanes of at least 4 members (excludes halogenated alkanes) is 1. The fraction of sp³-hybridized carbons (Fsp3) is 0.578. The molecule has 1 N–H and O–H groups in total. The topological polar surface area (TPSA) is 84.0 Å². The van der Waals surface area contributed by atoms with Crippen molar-refractivity contribution in [3.8, 4) is 0 Å². The number of hydrogen-bond donors (Lipinski definition) is 1. The summed E-state index contributed by atoms with van der Waals surface area (Å²) in [6.45, 7) is 7.29. The van der Waals surface area contributed by atoms with Gasteiger partial charge >= 0.3 is 0 Å². The van der Waals surface area contributed by atoms with E-state index >= 15 is 4.79 Å². The summed E-state index contributed by atoms with van der Waals surface area (Å²) in [7, 11) is 0.159. The standard InChI is InChI=1S/C45H63N7O3S/c1-34-41(36-16-9-6-10-17-36)55-44(47-34)51-27-28-52(40(32-51)42(53)46-30-38-18-13-29-56-38)43(54)39(19-11-12-25-48(2)3)49(4)37-20-22-45(23-21-37)24-26-50(33-45)31-35-14-7-5-8-15-35/h5-10,13-18,29,34,37,39-41H,11-12,19-28,30-33H2,1-4H3,(H,46,53)/t34-,37?,39-,40-,41+,45?/m0/s1/i2D,3D,4D. The summed E-state index contributed by atoms with van der Waals surface area (Å²) in [5.41, 5.74) is 2.68. The number of hydrogen-bond acceptors (Lipinski definition) is 9. The molecular weight excluding hydrogens is 719 g/mol. The van der Waals surface area contributed by atoms with Gasteiger partial charge in [-0.2, -0.15) is 0 Å². The average Bonchev–Trinajstić information content (AvgIpc) is 4.04. The molecule has 0 bridgehead atoms. The van der Waals surface area contributed by atoms with Gasteiger partial charge in [0.1, 0.15) is 12.1 Å². The van der Waals surface area contributed by atoms with Crippen LogP contribution in [0.25, 0.3) is 0 Å². The van der Waals surface area contributed by atoms with Gasteiger partial charge in [0.2, 0.25) is 11.8 Å². The number of piperazine rings is 1. The highest BCUT2D eigenvalue weighted by atomic mass is 32.1. The second-order valence-corrected chi connectivity index (χ2v) is 17.5. The first-order chi connectivity index (χ1) is 28.8. The maximum Gasteiger partial charge on any atom is 0.288 e. The van der Waals surface area contributed by atoms with E-state index in [0.29, 0.717) is 38.6 Å². The highest BCUT2D eigenvalue weighted by molar-refractivity contribution is 7.09. The van der Waals surface area contributed by atoms with Gasteiger partial charge in [-0.3, -0.25) is 19.4 Å². The molecule has 3 aliphatic heterocycles. The van der Waals surface area contributed by atoms with Crippen molar-refractivity contribution < 1.29 is 18.4 Å². The predicted octanol–water partition coefficient (Wildman–Crippen LogP) is 6.26.